The van der Waals surface area contributed by atoms with Gasteiger partial charge in [0.1, 0.15) is 11.5 Å². The normalized spacial score (nSPS) is 11.4. The Morgan fingerprint density at radius 3 is 2.64 bits per heavy atom. The summed E-state index contributed by atoms with van der Waals surface area (Å²) in [6.45, 7) is 0.264. The zero-order chi connectivity index (χ0) is 29.3. The van der Waals surface area contributed by atoms with Crippen molar-refractivity contribution in [1.82, 2.24) is 19.3 Å². The maximum atomic E-state index is 13.8. The first kappa shape index (κ1) is 27.0. The van der Waals surface area contributed by atoms with Gasteiger partial charge in [0.05, 0.1) is 10.6 Å². The van der Waals surface area contributed by atoms with Gasteiger partial charge < -0.3 is 14.3 Å². The summed E-state index contributed by atoms with van der Waals surface area (Å²) in [5, 5.41) is 3.74. The largest absolute Gasteiger partial charge is 0.350 e. The number of rotatable bonds is 6. The Balaban J connectivity index is 0.00000368. The lowest BCUT2D eigenvalue weighted by atomic mass is 10.1. The summed E-state index contributed by atoms with van der Waals surface area (Å²) in [5.74, 6) is 4.82. The summed E-state index contributed by atoms with van der Waals surface area (Å²) in [5.41, 5.74) is 4.20. The molecule has 0 bridgehead atoms. The van der Waals surface area contributed by atoms with E-state index in [4.69, 9.17) is 0 Å². The Morgan fingerprint density at radius 2 is 1.81 bits per heavy atom. The van der Waals surface area contributed by atoms with Crippen molar-refractivity contribution in [1.29, 1.82) is 0 Å². The van der Waals surface area contributed by atoms with E-state index in [0.717, 1.165) is 22.1 Å². The molecule has 3 aromatic heterocycles. The standard InChI is InChI=1S/C33H25FN4O3S.H2/c1-37-21-27(29-4-2-3-5-30(29)37)22-42(40,41)31-13-10-26(19-25(31)9-6-23-7-11-28(34)12-8-23)33(39)36-20-24-14-16-38-17-15-35-32(38)18-24;/h2-5,7-8,10-19,21H,20,22H2,1H3,(H,36,39);1H. The van der Waals surface area contributed by atoms with E-state index in [1.807, 2.05) is 71.0 Å². The minimum absolute atomic E-state index is 0. The molecule has 0 unspecified atom stereocenters. The van der Waals surface area contributed by atoms with Crippen molar-refractivity contribution in [2.75, 3.05) is 0 Å². The van der Waals surface area contributed by atoms with Crippen molar-refractivity contribution < 1.29 is 19.0 Å². The van der Waals surface area contributed by atoms with Crippen LogP contribution in [0.5, 0.6) is 0 Å². The minimum Gasteiger partial charge on any atom is -0.350 e. The van der Waals surface area contributed by atoms with Crippen LogP contribution in [0.2, 0.25) is 0 Å². The number of hydrogen-bond donors (Lipinski definition) is 1. The molecule has 1 N–H and O–H groups in total. The second kappa shape index (κ2) is 11.0. The highest BCUT2D eigenvalue weighted by molar-refractivity contribution is 7.90. The SMILES string of the molecule is Cn1cc(CS(=O)(=O)c2ccc(C(=O)NCc3ccn4ccnc4c3)cc2C#Cc2ccc(F)cc2)c2ccccc21.[HH]. The van der Waals surface area contributed by atoms with Crippen LogP contribution in [0.15, 0.2) is 109 Å². The molecule has 0 saturated carbocycles. The summed E-state index contributed by atoms with van der Waals surface area (Å²) in [7, 11) is -1.99. The number of halogens is 1. The fraction of sp³-hybridized carbons (Fsp3) is 0.0909. The van der Waals surface area contributed by atoms with Crippen molar-refractivity contribution in [3.8, 4) is 11.8 Å². The fourth-order valence-electron chi connectivity index (χ4n) is 4.88. The van der Waals surface area contributed by atoms with Gasteiger partial charge >= 0.3 is 0 Å². The van der Waals surface area contributed by atoms with E-state index < -0.39 is 15.7 Å². The third-order valence-corrected chi connectivity index (χ3v) is 8.72. The summed E-state index contributed by atoms with van der Waals surface area (Å²) in [4.78, 5) is 17.4. The van der Waals surface area contributed by atoms with Gasteiger partial charge in [-0.25, -0.2) is 17.8 Å². The molecule has 42 heavy (non-hydrogen) atoms. The molecule has 0 atom stereocenters. The van der Waals surface area contributed by atoms with Crippen LogP contribution >= 0.6 is 0 Å². The van der Waals surface area contributed by atoms with Crippen LogP contribution < -0.4 is 5.32 Å². The molecule has 0 radical (unpaired) electrons. The van der Waals surface area contributed by atoms with Gasteiger partial charge in [-0.2, -0.15) is 0 Å². The molecule has 0 fully saturated rings. The number of carbonyl (C=O) groups is 1. The molecule has 0 aliphatic carbocycles. The summed E-state index contributed by atoms with van der Waals surface area (Å²) < 4.78 is 44.7. The molecule has 0 aliphatic rings. The van der Waals surface area contributed by atoms with Crippen molar-refractivity contribution >= 4 is 32.3 Å². The number of pyridine rings is 1. The number of aryl methyl sites for hydroxylation is 1. The van der Waals surface area contributed by atoms with E-state index in [2.05, 4.69) is 22.1 Å². The van der Waals surface area contributed by atoms with E-state index in [-0.39, 0.29) is 35.7 Å². The number of aromatic nitrogens is 3. The highest BCUT2D eigenvalue weighted by Crippen LogP contribution is 2.27. The average molecular weight is 579 g/mol. The third kappa shape index (κ3) is 5.53. The molecule has 3 heterocycles. The van der Waals surface area contributed by atoms with Gasteiger partial charge in [-0.15, -0.1) is 0 Å². The summed E-state index contributed by atoms with van der Waals surface area (Å²) >= 11 is 0. The lowest BCUT2D eigenvalue weighted by Crippen LogP contribution is -2.23. The van der Waals surface area contributed by atoms with Gasteiger partial charge in [0.15, 0.2) is 9.84 Å². The lowest BCUT2D eigenvalue weighted by molar-refractivity contribution is 0.0950. The van der Waals surface area contributed by atoms with Crippen molar-refractivity contribution in [3.63, 3.8) is 0 Å². The molecule has 0 saturated heterocycles. The Labute approximate surface area is 243 Å². The minimum atomic E-state index is -3.86. The molecule has 210 valence electrons. The first-order valence-corrected chi connectivity index (χ1v) is 14.8. The number of nitrogens with one attached hydrogen (secondary N) is 1. The molecular weight excluding hydrogens is 551 g/mol. The molecule has 6 rings (SSSR count). The number of hydrogen-bond acceptors (Lipinski definition) is 4. The molecule has 7 nitrogen and oxygen atoms in total. The second-order valence-electron chi connectivity index (χ2n) is 9.92. The molecule has 1 amide bonds. The van der Waals surface area contributed by atoms with E-state index in [1.165, 1.54) is 42.5 Å². The van der Waals surface area contributed by atoms with Crippen LogP contribution in [0, 0.1) is 17.7 Å². The van der Waals surface area contributed by atoms with E-state index >= 15 is 0 Å². The molecule has 0 spiro atoms. The molecule has 9 heteroatoms. The quantitative estimate of drug-likeness (QED) is 0.264. The summed E-state index contributed by atoms with van der Waals surface area (Å²) in [6, 6.07) is 21.4. The highest BCUT2D eigenvalue weighted by Gasteiger charge is 2.22. The number of nitrogens with zero attached hydrogens (tertiary/aromatic N) is 3. The van der Waals surface area contributed by atoms with E-state index in [0.29, 0.717) is 11.1 Å². The van der Waals surface area contributed by atoms with Crippen molar-refractivity contribution in [2.45, 2.75) is 17.2 Å². The Bertz CT molecular complexity index is 2140. The van der Waals surface area contributed by atoms with Gasteiger partial charge in [-0.1, -0.05) is 30.0 Å². The predicted molar refractivity (Wildman–Crippen MR) is 161 cm³/mol. The number of amides is 1. The van der Waals surface area contributed by atoms with Crippen LogP contribution in [-0.2, 0) is 29.2 Å². The highest BCUT2D eigenvalue weighted by atomic mass is 32.2. The second-order valence-corrected chi connectivity index (χ2v) is 11.9. The number of carbonyl (C=O) groups excluding carboxylic acids is 1. The van der Waals surface area contributed by atoms with Crippen LogP contribution in [0.1, 0.15) is 34.0 Å². The van der Waals surface area contributed by atoms with Gasteiger partial charge in [-0.3, -0.25) is 4.79 Å². The predicted octanol–water partition coefficient (Wildman–Crippen LogP) is 5.51. The number of benzene rings is 3. The maximum Gasteiger partial charge on any atom is 0.251 e. The van der Waals surface area contributed by atoms with Crippen LogP contribution in [0.4, 0.5) is 4.39 Å². The van der Waals surface area contributed by atoms with Gasteiger partial charge in [0, 0.05) is 67.4 Å². The Kier molecular flexibility index (Phi) is 7.07. The van der Waals surface area contributed by atoms with E-state index in [9.17, 15) is 17.6 Å². The number of fused-ring (bicyclic) bond motifs is 2. The number of para-hydroxylation sites is 1. The first-order valence-electron chi connectivity index (χ1n) is 13.1. The topological polar surface area (TPSA) is 85.5 Å². The Hall–Kier alpha value is -5.20. The molecular formula is C33H27FN4O3S. The zero-order valence-corrected chi connectivity index (χ0v) is 23.4. The maximum absolute atomic E-state index is 13.8. The first-order chi connectivity index (χ1) is 20.3. The number of sulfone groups is 1. The van der Waals surface area contributed by atoms with Crippen LogP contribution in [-0.4, -0.2) is 28.3 Å². The molecule has 3 aromatic carbocycles. The zero-order valence-electron chi connectivity index (χ0n) is 22.6. The van der Waals surface area contributed by atoms with Crippen molar-refractivity contribution in [2.24, 2.45) is 7.05 Å². The number of imidazole rings is 1. The van der Waals surface area contributed by atoms with Gasteiger partial charge in [-0.05, 0) is 71.8 Å². The molecule has 0 aliphatic heterocycles. The third-order valence-electron chi connectivity index (χ3n) is 7.00. The van der Waals surface area contributed by atoms with Gasteiger partial charge in [0.25, 0.3) is 5.91 Å². The lowest BCUT2D eigenvalue weighted by Gasteiger charge is -2.10. The molecule has 6 aromatic rings. The van der Waals surface area contributed by atoms with Crippen LogP contribution in [0.3, 0.4) is 0 Å². The van der Waals surface area contributed by atoms with E-state index in [1.54, 1.807) is 6.20 Å². The summed E-state index contributed by atoms with van der Waals surface area (Å²) in [6.07, 6.45) is 7.21. The van der Waals surface area contributed by atoms with Crippen LogP contribution in [0.25, 0.3) is 16.6 Å². The smallest absolute Gasteiger partial charge is 0.251 e. The fourth-order valence-corrected chi connectivity index (χ4v) is 6.40. The average Bonchev–Trinajstić information content (AvgIpc) is 3.59. The Morgan fingerprint density at radius 1 is 1.00 bits per heavy atom. The van der Waals surface area contributed by atoms with Gasteiger partial charge in [0.2, 0.25) is 0 Å². The van der Waals surface area contributed by atoms with Crippen molar-refractivity contribution in [3.05, 3.63) is 137 Å². The monoisotopic (exact) mass is 578 g/mol.